The van der Waals surface area contributed by atoms with Gasteiger partial charge in [-0.05, 0) is 62.3 Å². The number of aromatic amines is 1. The Morgan fingerprint density at radius 1 is 1.24 bits per heavy atom. The van der Waals surface area contributed by atoms with Gasteiger partial charge < -0.3 is 15.6 Å². The molecule has 1 fully saturated rings. The average Bonchev–Trinajstić information content (AvgIpc) is 3.44. The minimum absolute atomic E-state index is 0.0446. The summed E-state index contributed by atoms with van der Waals surface area (Å²) in [4.78, 5) is 46.7. The average molecular weight is 483 g/mol. The number of thiophene rings is 1. The Hall–Kier alpha value is -2.65. The first-order chi connectivity index (χ1) is 16.0. The molecular weight excluding hydrogens is 456 g/mol. The maximum absolute atomic E-state index is 12.5. The van der Waals surface area contributed by atoms with Crippen molar-refractivity contribution in [3.05, 3.63) is 50.4 Å². The number of nitrogens with zero attached hydrogens (tertiary/aromatic N) is 1. The van der Waals surface area contributed by atoms with E-state index in [1.807, 2.05) is 25.1 Å². The number of carbonyl (C=O) groups excluding carboxylic acids is 2. The predicted molar refractivity (Wildman–Crippen MR) is 134 cm³/mol. The van der Waals surface area contributed by atoms with Crippen LogP contribution in [0, 0.1) is 12.8 Å². The SMILES string of the molecule is Cc1ccc(NC(=O)C2CC2)cc1NC(=O)CCSCc1nc2sc3c(c2c(=O)[nH]1)CCC3. The van der Waals surface area contributed by atoms with Crippen molar-refractivity contribution in [3.63, 3.8) is 0 Å². The van der Waals surface area contributed by atoms with Crippen LogP contribution in [0.2, 0.25) is 0 Å². The second-order valence-electron chi connectivity index (χ2n) is 8.69. The molecule has 0 spiro atoms. The summed E-state index contributed by atoms with van der Waals surface area (Å²) in [5.74, 6) is 1.93. The fourth-order valence-corrected chi connectivity index (χ4v) is 6.17. The van der Waals surface area contributed by atoms with Gasteiger partial charge in [0.25, 0.3) is 5.56 Å². The van der Waals surface area contributed by atoms with Gasteiger partial charge in [0.2, 0.25) is 11.8 Å². The fourth-order valence-electron chi connectivity index (χ4n) is 4.09. The third-order valence-electron chi connectivity index (χ3n) is 6.06. The number of H-pyrrole nitrogens is 1. The maximum Gasteiger partial charge on any atom is 0.259 e. The van der Waals surface area contributed by atoms with Crippen molar-refractivity contribution in [1.82, 2.24) is 9.97 Å². The molecular formula is C24H26N4O3S2. The van der Waals surface area contributed by atoms with Crippen molar-refractivity contribution in [3.8, 4) is 0 Å². The van der Waals surface area contributed by atoms with E-state index in [9.17, 15) is 14.4 Å². The number of aromatic nitrogens is 2. The molecule has 2 aromatic heterocycles. The van der Waals surface area contributed by atoms with Crippen LogP contribution >= 0.6 is 23.1 Å². The Kier molecular flexibility index (Phi) is 6.25. The summed E-state index contributed by atoms with van der Waals surface area (Å²) in [7, 11) is 0. The first-order valence-corrected chi connectivity index (χ1v) is 13.3. The summed E-state index contributed by atoms with van der Waals surface area (Å²) in [5.41, 5.74) is 3.49. The first kappa shape index (κ1) is 22.2. The molecule has 3 N–H and O–H groups in total. The standard InChI is InChI=1S/C24H26N4O3S2/c1-13-5-8-15(25-22(30)14-6-7-14)11-17(13)26-20(29)9-10-32-12-19-27-23(31)21-16-3-2-4-18(16)33-24(21)28-19/h5,8,11,14H,2-4,6-7,9-10,12H2,1H3,(H,25,30)(H,26,29)(H,27,28,31). The fraction of sp³-hybridized carbons (Fsp3) is 0.417. The van der Waals surface area contributed by atoms with Gasteiger partial charge in [-0.15, -0.1) is 11.3 Å². The van der Waals surface area contributed by atoms with Gasteiger partial charge in [-0.1, -0.05) is 6.07 Å². The van der Waals surface area contributed by atoms with Crippen LogP contribution in [0.5, 0.6) is 0 Å². The van der Waals surface area contributed by atoms with E-state index < -0.39 is 0 Å². The van der Waals surface area contributed by atoms with Gasteiger partial charge in [0.05, 0.1) is 11.1 Å². The van der Waals surface area contributed by atoms with Crippen molar-refractivity contribution in [2.24, 2.45) is 5.92 Å². The highest BCUT2D eigenvalue weighted by molar-refractivity contribution is 7.98. The largest absolute Gasteiger partial charge is 0.326 e. The topological polar surface area (TPSA) is 104 Å². The molecule has 2 heterocycles. The zero-order valence-electron chi connectivity index (χ0n) is 18.5. The van der Waals surface area contributed by atoms with Gasteiger partial charge in [0, 0.05) is 34.3 Å². The van der Waals surface area contributed by atoms with Gasteiger partial charge in [-0.2, -0.15) is 11.8 Å². The summed E-state index contributed by atoms with van der Waals surface area (Å²) in [6.07, 6.45) is 5.39. The summed E-state index contributed by atoms with van der Waals surface area (Å²) in [6, 6.07) is 5.56. The van der Waals surface area contributed by atoms with Crippen molar-refractivity contribution in [2.45, 2.75) is 51.2 Å². The lowest BCUT2D eigenvalue weighted by Crippen LogP contribution is -2.16. The Morgan fingerprint density at radius 2 is 2.09 bits per heavy atom. The van der Waals surface area contributed by atoms with Gasteiger partial charge in [0.1, 0.15) is 10.7 Å². The number of anilines is 2. The van der Waals surface area contributed by atoms with E-state index in [1.165, 1.54) is 10.4 Å². The smallest absolute Gasteiger partial charge is 0.259 e. The lowest BCUT2D eigenvalue weighted by atomic mass is 10.1. The van der Waals surface area contributed by atoms with Crippen LogP contribution in [0.4, 0.5) is 11.4 Å². The van der Waals surface area contributed by atoms with E-state index in [-0.39, 0.29) is 23.3 Å². The van der Waals surface area contributed by atoms with Gasteiger partial charge >= 0.3 is 0 Å². The van der Waals surface area contributed by atoms with Crippen LogP contribution in [0.15, 0.2) is 23.0 Å². The van der Waals surface area contributed by atoms with Crippen LogP contribution in [-0.2, 0) is 28.2 Å². The molecule has 0 radical (unpaired) electrons. The lowest BCUT2D eigenvalue weighted by Gasteiger charge is -2.11. The van der Waals surface area contributed by atoms with E-state index in [1.54, 1.807) is 23.1 Å². The summed E-state index contributed by atoms with van der Waals surface area (Å²) >= 11 is 3.21. The number of carbonyl (C=O) groups is 2. The highest BCUT2D eigenvalue weighted by Crippen LogP contribution is 2.34. The zero-order valence-corrected chi connectivity index (χ0v) is 20.1. The molecule has 172 valence electrons. The summed E-state index contributed by atoms with van der Waals surface area (Å²) in [6.45, 7) is 1.93. The van der Waals surface area contributed by atoms with E-state index in [0.717, 1.165) is 47.9 Å². The zero-order chi connectivity index (χ0) is 22.9. The van der Waals surface area contributed by atoms with Crippen LogP contribution < -0.4 is 16.2 Å². The third kappa shape index (κ3) is 4.99. The second-order valence-corrected chi connectivity index (χ2v) is 10.9. The number of aryl methyl sites for hydroxylation is 3. The molecule has 2 amide bonds. The third-order valence-corrected chi connectivity index (χ3v) is 8.22. The number of nitrogens with one attached hydrogen (secondary N) is 3. The Bertz CT molecular complexity index is 1290. The van der Waals surface area contributed by atoms with Crippen molar-refractivity contribution in [2.75, 3.05) is 16.4 Å². The number of thioether (sulfide) groups is 1. The number of rotatable bonds is 8. The normalized spacial score (nSPS) is 14.9. The van der Waals surface area contributed by atoms with Crippen molar-refractivity contribution >= 4 is 56.5 Å². The summed E-state index contributed by atoms with van der Waals surface area (Å²) in [5, 5.41) is 6.63. The van der Waals surface area contributed by atoms with Gasteiger partial charge in [0.15, 0.2) is 0 Å². The van der Waals surface area contributed by atoms with E-state index >= 15 is 0 Å². The molecule has 5 rings (SSSR count). The number of fused-ring (bicyclic) bond motifs is 3. The number of benzene rings is 1. The van der Waals surface area contributed by atoms with Gasteiger partial charge in [-0.3, -0.25) is 14.4 Å². The molecule has 0 unspecified atom stereocenters. The Morgan fingerprint density at radius 3 is 2.91 bits per heavy atom. The van der Waals surface area contributed by atoms with Crippen LogP contribution in [0.3, 0.4) is 0 Å². The summed E-state index contributed by atoms with van der Waals surface area (Å²) < 4.78 is 0. The number of amides is 2. The minimum atomic E-state index is -0.0807. The second kappa shape index (κ2) is 9.30. The molecule has 0 saturated heterocycles. The van der Waals surface area contributed by atoms with Crippen molar-refractivity contribution < 1.29 is 9.59 Å². The van der Waals surface area contributed by atoms with Crippen LogP contribution in [0.25, 0.3) is 10.2 Å². The molecule has 1 aromatic carbocycles. The van der Waals surface area contributed by atoms with E-state index in [4.69, 9.17) is 0 Å². The highest BCUT2D eigenvalue weighted by atomic mass is 32.2. The monoisotopic (exact) mass is 482 g/mol. The predicted octanol–water partition coefficient (Wildman–Crippen LogP) is 4.39. The maximum atomic E-state index is 12.5. The first-order valence-electron chi connectivity index (χ1n) is 11.3. The van der Waals surface area contributed by atoms with Crippen molar-refractivity contribution in [1.29, 1.82) is 0 Å². The molecule has 7 nitrogen and oxygen atoms in total. The van der Waals surface area contributed by atoms with Crippen LogP contribution in [-0.4, -0.2) is 27.5 Å². The van der Waals surface area contributed by atoms with E-state index in [2.05, 4.69) is 20.6 Å². The molecule has 9 heteroatoms. The Labute approximate surface area is 199 Å². The molecule has 1 saturated carbocycles. The minimum Gasteiger partial charge on any atom is -0.326 e. The van der Waals surface area contributed by atoms with Gasteiger partial charge in [-0.25, -0.2) is 4.98 Å². The number of hydrogen-bond donors (Lipinski definition) is 3. The molecule has 3 aromatic rings. The quantitative estimate of drug-likeness (QED) is 0.413. The molecule has 0 bridgehead atoms. The number of hydrogen-bond acceptors (Lipinski definition) is 6. The molecule has 2 aliphatic carbocycles. The molecule has 0 aliphatic heterocycles. The highest BCUT2D eigenvalue weighted by Gasteiger charge is 2.29. The lowest BCUT2D eigenvalue weighted by molar-refractivity contribution is -0.117. The van der Waals surface area contributed by atoms with Crippen LogP contribution in [0.1, 0.15) is 47.5 Å². The van der Waals surface area contributed by atoms with E-state index in [0.29, 0.717) is 35.1 Å². The molecule has 2 aliphatic rings. The molecule has 33 heavy (non-hydrogen) atoms. The molecule has 0 atom stereocenters. The Balaban J connectivity index is 1.13.